The number of aromatic nitrogens is 1. The number of carbonyl (C=O) groups excluding carboxylic acids is 1. The molecule has 4 N–H and O–H groups in total. The van der Waals surface area contributed by atoms with Crippen molar-refractivity contribution in [2.24, 2.45) is 0 Å². The van der Waals surface area contributed by atoms with Gasteiger partial charge in [-0.15, -0.1) is 0 Å². The van der Waals surface area contributed by atoms with Gasteiger partial charge in [-0.1, -0.05) is 0 Å². The Morgan fingerprint density at radius 2 is 2.35 bits per heavy atom. The van der Waals surface area contributed by atoms with Crippen molar-refractivity contribution in [3.05, 3.63) is 17.8 Å². The minimum atomic E-state index is -1.13. The van der Waals surface area contributed by atoms with E-state index in [1.165, 1.54) is 19.3 Å². The van der Waals surface area contributed by atoms with E-state index in [1.807, 2.05) is 0 Å². The summed E-state index contributed by atoms with van der Waals surface area (Å²) in [6.07, 6.45) is 1.29. The standard InChI is InChI=1S/C12H16N4O4/c1-14-11(17)9-6-20-3-2-16(9)10-4-7(12(18)19)8(13)5-15-10/h4-5,9H,2-3,6,13H2,1H3,(H,14,17)(H,18,19). The van der Waals surface area contributed by atoms with Gasteiger partial charge in [-0.25, -0.2) is 9.78 Å². The van der Waals surface area contributed by atoms with Crippen molar-refractivity contribution >= 4 is 23.4 Å². The van der Waals surface area contributed by atoms with Gasteiger partial charge in [-0.2, -0.15) is 0 Å². The summed E-state index contributed by atoms with van der Waals surface area (Å²) < 4.78 is 5.29. The number of nitrogens with one attached hydrogen (secondary N) is 1. The molecular formula is C12H16N4O4. The van der Waals surface area contributed by atoms with Crippen molar-refractivity contribution in [1.82, 2.24) is 10.3 Å². The largest absolute Gasteiger partial charge is 0.478 e. The fourth-order valence-corrected chi connectivity index (χ4v) is 2.06. The lowest BCUT2D eigenvalue weighted by Crippen LogP contribution is -2.53. The number of hydrogen-bond donors (Lipinski definition) is 3. The SMILES string of the molecule is CNC(=O)C1COCCN1c1cc(C(=O)O)c(N)cn1. The number of amides is 1. The van der Waals surface area contributed by atoms with E-state index in [0.717, 1.165) is 0 Å². The fourth-order valence-electron chi connectivity index (χ4n) is 2.06. The highest BCUT2D eigenvalue weighted by atomic mass is 16.5. The van der Waals surface area contributed by atoms with Gasteiger partial charge in [0, 0.05) is 13.6 Å². The number of nitrogen functional groups attached to an aromatic ring is 1. The van der Waals surface area contributed by atoms with E-state index in [2.05, 4.69) is 10.3 Å². The number of carboxylic acid groups (broad SMARTS) is 1. The molecule has 8 heteroatoms. The van der Waals surface area contributed by atoms with E-state index in [9.17, 15) is 9.59 Å². The molecule has 1 aliphatic heterocycles. The summed E-state index contributed by atoms with van der Waals surface area (Å²) in [6.45, 7) is 1.13. The lowest BCUT2D eigenvalue weighted by Gasteiger charge is -2.35. The van der Waals surface area contributed by atoms with Crippen LogP contribution in [0.1, 0.15) is 10.4 Å². The van der Waals surface area contributed by atoms with Crippen LogP contribution < -0.4 is 16.0 Å². The molecule has 1 aromatic heterocycles. The molecule has 1 atom stereocenters. The van der Waals surface area contributed by atoms with Crippen LogP contribution in [-0.4, -0.2) is 54.8 Å². The Labute approximate surface area is 115 Å². The number of pyridine rings is 1. The van der Waals surface area contributed by atoms with E-state index < -0.39 is 12.0 Å². The number of aromatic carboxylic acids is 1. The van der Waals surface area contributed by atoms with Gasteiger partial charge in [0.25, 0.3) is 0 Å². The maximum absolute atomic E-state index is 11.8. The quantitative estimate of drug-likeness (QED) is 0.671. The Morgan fingerprint density at radius 3 is 3.00 bits per heavy atom. The molecule has 1 saturated heterocycles. The third-order valence-corrected chi connectivity index (χ3v) is 3.12. The summed E-state index contributed by atoms with van der Waals surface area (Å²) in [7, 11) is 1.54. The van der Waals surface area contributed by atoms with Gasteiger partial charge < -0.3 is 25.8 Å². The molecule has 1 amide bonds. The van der Waals surface area contributed by atoms with Crippen molar-refractivity contribution in [2.45, 2.75) is 6.04 Å². The Hall–Kier alpha value is -2.35. The van der Waals surface area contributed by atoms with E-state index in [0.29, 0.717) is 19.0 Å². The van der Waals surface area contributed by atoms with E-state index in [1.54, 1.807) is 4.90 Å². The van der Waals surface area contributed by atoms with Crippen molar-refractivity contribution in [3.63, 3.8) is 0 Å². The molecule has 1 fully saturated rings. The highest BCUT2D eigenvalue weighted by Gasteiger charge is 2.30. The molecule has 0 aliphatic carbocycles. The van der Waals surface area contributed by atoms with Gasteiger partial charge in [-0.05, 0) is 6.07 Å². The molecule has 0 spiro atoms. The van der Waals surface area contributed by atoms with E-state index >= 15 is 0 Å². The van der Waals surface area contributed by atoms with Gasteiger partial charge in [-0.3, -0.25) is 4.79 Å². The molecule has 0 saturated carbocycles. The van der Waals surface area contributed by atoms with Gasteiger partial charge >= 0.3 is 5.97 Å². The number of ether oxygens (including phenoxy) is 1. The molecule has 20 heavy (non-hydrogen) atoms. The lowest BCUT2D eigenvalue weighted by atomic mass is 10.1. The second kappa shape index (κ2) is 5.74. The zero-order valence-corrected chi connectivity index (χ0v) is 11.0. The predicted molar refractivity (Wildman–Crippen MR) is 71.6 cm³/mol. The first-order chi connectivity index (χ1) is 9.54. The second-order valence-electron chi connectivity index (χ2n) is 4.33. The Morgan fingerprint density at radius 1 is 1.60 bits per heavy atom. The van der Waals surface area contributed by atoms with Crippen molar-refractivity contribution in [1.29, 1.82) is 0 Å². The molecule has 8 nitrogen and oxygen atoms in total. The van der Waals surface area contributed by atoms with Gasteiger partial charge in [0.2, 0.25) is 5.91 Å². The normalized spacial score (nSPS) is 18.6. The third kappa shape index (κ3) is 2.64. The molecule has 2 rings (SSSR count). The molecule has 1 aromatic rings. The van der Waals surface area contributed by atoms with Crippen LogP contribution in [0.5, 0.6) is 0 Å². The van der Waals surface area contributed by atoms with Crippen LogP contribution in [0.25, 0.3) is 0 Å². The summed E-state index contributed by atoms with van der Waals surface area (Å²) in [4.78, 5) is 28.8. The molecule has 0 radical (unpaired) electrons. The summed E-state index contributed by atoms with van der Waals surface area (Å²) in [5.74, 6) is -0.940. The molecule has 1 unspecified atom stereocenters. The van der Waals surface area contributed by atoms with Crippen molar-refractivity contribution in [3.8, 4) is 0 Å². The van der Waals surface area contributed by atoms with Crippen LogP contribution in [0.4, 0.5) is 11.5 Å². The lowest BCUT2D eigenvalue weighted by molar-refractivity contribution is -0.124. The summed E-state index contributed by atoms with van der Waals surface area (Å²) in [6, 6.07) is 0.838. The van der Waals surface area contributed by atoms with Crippen LogP contribution in [0.15, 0.2) is 12.3 Å². The van der Waals surface area contributed by atoms with E-state index in [4.69, 9.17) is 15.6 Å². The van der Waals surface area contributed by atoms with Crippen LogP contribution >= 0.6 is 0 Å². The first-order valence-electron chi connectivity index (χ1n) is 6.09. The average Bonchev–Trinajstić information content (AvgIpc) is 2.46. The highest BCUT2D eigenvalue weighted by molar-refractivity contribution is 5.94. The zero-order chi connectivity index (χ0) is 14.7. The van der Waals surface area contributed by atoms with Gasteiger partial charge in [0.1, 0.15) is 11.9 Å². The first kappa shape index (κ1) is 14.1. The Bertz CT molecular complexity index is 534. The average molecular weight is 280 g/mol. The van der Waals surface area contributed by atoms with Crippen LogP contribution in [-0.2, 0) is 9.53 Å². The maximum Gasteiger partial charge on any atom is 0.337 e. The smallest absolute Gasteiger partial charge is 0.337 e. The van der Waals surface area contributed by atoms with Gasteiger partial charge in [0.05, 0.1) is 30.7 Å². The Kier molecular flexibility index (Phi) is 4.04. The van der Waals surface area contributed by atoms with Crippen LogP contribution in [0.2, 0.25) is 0 Å². The maximum atomic E-state index is 11.8. The molecule has 0 aromatic carbocycles. The summed E-state index contributed by atoms with van der Waals surface area (Å²) in [5, 5.41) is 11.6. The number of rotatable bonds is 3. The minimum absolute atomic E-state index is 0.0304. The number of nitrogens with two attached hydrogens (primary N) is 1. The monoisotopic (exact) mass is 280 g/mol. The van der Waals surface area contributed by atoms with E-state index in [-0.39, 0.29) is 23.8 Å². The number of morpholine rings is 1. The zero-order valence-electron chi connectivity index (χ0n) is 11.0. The third-order valence-electron chi connectivity index (χ3n) is 3.12. The van der Waals surface area contributed by atoms with Gasteiger partial charge in [0.15, 0.2) is 0 Å². The first-order valence-corrected chi connectivity index (χ1v) is 6.09. The number of carbonyl (C=O) groups is 2. The van der Waals surface area contributed by atoms with Crippen molar-refractivity contribution < 1.29 is 19.4 Å². The fraction of sp³-hybridized carbons (Fsp3) is 0.417. The number of carboxylic acids is 1. The van der Waals surface area contributed by atoms with Crippen LogP contribution in [0.3, 0.4) is 0 Å². The predicted octanol–water partition coefficient (Wildman–Crippen LogP) is -0.687. The second-order valence-corrected chi connectivity index (χ2v) is 4.33. The molecular weight excluding hydrogens is 264 g/mol. The summed E-state index contributed by atoms with van der Waals surface area (Å²) >= 11 is 0. The van der Waals surface area contributed by atoms with Crippen LogP contribution in [0, 0.1) is 0 Å². The number of anilines is 2. The molecule has 1 aliphatic rings. The Balaban J connectivity index is 2.35. The minimum Gasteiger partial charge on any atom is -0.478 e. The summed E-state index contributed by atoms with van der Waals surface area (Å²) in [5.41, 5.74) is 5.63. The number of likely N-dealkylation sites (N-methyl/N-ethyl adjacent to an activating group) is 1. The molecule has 0 bridgehead atoms. The molecule has 108 valence electrons. The number of nitrogens with zero attached hydrogens (tertiary/aromatic N) is 2. The topological polar surface area (TPSA) is 118 Å². The highest BCUT2D eigenvalue weighted by Crippen LogP contribution is 2.22. The number of hydrogen-bond acceptors (Lipinski definition) is 6. The molecule has 2 heterocycles. The van der Waals surface area contributed by atoms with Crippen molar-refractivity contribution in [2.75, 3.05) is 37.4 Å².